The van der Waals surface area contributed by atoms with Crippen LogP contribution in [-0.2, 0) is 20.7 Å². The minimum absolute atomic E-state index is 0.296. The number of hydrogen-bond donors (Lipinski definition) is 0. The molecule has 4 heteroatoms. The van der Waals surface area contributed by atoms with Crippen molar-refractivity contribution >= 4 is 11.5 Å². The van der Waals surface area contributed by atoms with Gasteiger partial charge in [-0.05, 0) is 66.3 Å². The summed E-state index contributed by atoms with van der Waals surface area (Å²) in [6.45, 7) is 7.51. The molecule has 4 nitrogen and oxygen atoms in total. The Balaban J connectivity index is 1.50. The number of esters is 1. The summed E-state index contributed by atoms with van der Waals surface area (Å²) in [7, 11) is 0. The Bertz CT molecular complexity index is 1090. The molecule has 3 aromatic rings. The molecule has 0 radical (unpaired) electrons. The maximum absolute atomic E-state index is 12.4. The summed E-state index contributed by atoms with van der Waals surface area (Å²) in [4.78, 5) is 12.4. The molecule has 1 atom stereocenters. The van der Waals surface area contributed by atoms with Crippen molar-refractivity contribution in [3.63, 3.8) is 0 Å². The number of carbonyl (C=O) groups is 1. The van der Waals surface area contributed by atoms with Gasteiger partial charge in [0.2, 0.25) is 0 Å². The predicted octanol–water partition coefficient (Wildman–Crippen LogP) is 7.91. The lowest BCUT2D eigenvalue weighted by Crippen LogP contribution is -2.29. The second-order valence-electron chi connectivity index (χ2n) is 9.16. The number of carbonyl (C=O) groups excluding carboxylic acids is 1. The van der Waals surface area contributed by atoms with E-state index in [9.17, 15) is 4.79 Å². The second-order valence-corrected chi connectivity index (χ2v) is 9.16. The molecule has 0 aliphatic rings. The van der Waals surface area contributed by atoms with Crippen LogP contribution < -0.4 is 4.74 Å². The Labute approximate surface area is 222 Å². The molecule has 0 aromatic heterocycles. The summed E-state index contributed by atoms with van der Waals surface area (Å²) in [5.41, 5.74) is 5.79. The predicted molar refractivity (Wildman–Crippen MR) is 152 cm³/mol. The summed E-state index contributed by atoms with van der Waals surface area (Å²) in [6, 6.07) is 26.8. The topological polar surface area (TPSA) is 44.8 Å². The highest BCUT2D eigenvalue weighted by atomic mass is 16.6. The number of unbranched alkanes of at least 4 members (excludes halogenated alkanes) is 3. The minimum Gasteiger partial charge on any atom is -0.490 e. The van der Waals surface area contributed by atoms with E-state index in [1.165, 1.54) is 35.1 Å². The molecule has 0 amide bonds. The normalized spacial score (nSPS) is 12.2. The van der Waals surface area contributed by atoms with Crippen molar-refractivity contribution in [2.45, 2.75) is 59.0 Å². The summed E-state index contributed by atoms with van der Waals surface area (Å²) < 4.78 is 17.1. The first-order valence-corrected chi connectivity index (χ1v) is 13.4. The lowest BCUT2D eigenvalue weighted by Gasteiger charge is -2.17. The van der Waals surface area contributed by atoms with Crippen LogP contribution in [-0.4, -0.2) is 31.9 Å². The molecule has 3 rings (SSSR count). The van der Waals surface area contributed by atoms with E-state index in [2.05, 4.69) is 68.5 Å². The molecule has 0 heterocycles. The highest BCUT2D eigenvalue weighted by molar-refractivity contribution is 5.75. The van der Waals surface area contributed by atoms with E-state index in [4.69, 9.17) is 14.2 Å². The van der Waals surface area contributed by atoms with Crippen molar-refractivity contribution in [1.82, 2.24) is 0 Å². The summed E-state index contributed by atoms with van der Waals surface area (Å²) in [6.07, 6.45) is 6.44. The molecule has 0 N–H and O–H groups in total. The summed E-state index contributed by atoms with van der Waals surface area (Å²) in [5, 5.41) is 0. The van der Waals surface area contributed by atoms with Crippen LogP contribution in [0.1, 0.15) is 57.6 Å². The molecular weight excluding hydrogens is 460 g/mol. The van der Waals surface area contributed by atoms with E-state index in [0.717, 1.165) is 24.2 Å². The Hall–Kier alpha value is -3.37. The van der Waals surface area contributed by atoms with Gasteiger partial charge in [0, 0.05) is 13.0 Å². The number of allylic oxidation sites excluding steroid dienone is 1. The van der Waals surface area contributed by atoms with Crippen molar-refractivity contribution in [3.8, 4) is 16.9 Å². The highest BCUT2D eigenvalue weighted by Crippen LogP contribution is 2.22. The molecule has 1 unspecified atom stereocenters. The first-order chi connectivity index (χ1) is 18.1. The van der Waals surface area contributed by atoms with E-state index in [0.29, 0.717) is 26.2 Å². The van der Waals surface area contributed by atoms with E-state index in [1.807, 2.05) is 37.3 Å². The zero-order chi connectivity index (χ0) is 26.3. The van der Waals surface area contributed by atoms with Crippen LogP contribution in [0.4, 0.5) is 0 Å². The quantitative estimate of drug-likeness (QED) is 0.157. The van der Waals surface area contributed by atoms with Gasteiger partial charge in [0.1, 0.15) is 12.4 Å². The lowest BCUT2D eigenvalue weighted by molar-refractivity contribution is -0.156. The molecule has 196 valence electrons. The van der Waals surface area contributed by atoms with E-state index >= 15 is 0 Å². The Morgan fingerprint density at radius 2 is 1.54 bits per heavy atom. The standard InChI is InChI=1S/C33H40O4/c1-4-6-7-11-23-37-32(33(34)35-5-2)25-27-14-20-31(21-15-27)36-24-22-26(3)28-16-18-30(19-17-28)29-12-9-8-10-13-29/h8-10,12-22,32H,4-7,11,23-25H2,1-3H3. The van der Waals surface area contributed by atoms with Gasteiger partial charge in [-0.1, -0.05) is 92.9 Å². The zero-order valence-electron chi connectivity index (χ0n) is 22.5. The molecule has 0 aliphatic heterocycles. The fourth-order valence-corrected chi connectivity index (χ4v) is 4.07. The third kappa shape index (κ3) is 9.55. The molecule has 0 fully saturated rings. The van der Waals surface area contributed by atoms with Gasteiger partial charge in [0.25, 0.3) is 0 Å². The van der Waals surface area contributed by atoms with Crippen molar-refractivity contribution in [1.29, 1.82) is 0 Å². The summed E-state index contributed by atoms with van der Waals surface area (Å²) >= 11 is 0. The van der Waals surface area contributed by atoms with Crippen LogP contribution in [0.5, 0.6) is 5.75 Å². The Morgan fingerprint density at radius 1 is 0.838 bits per heavy atom. The van der Waals surface area contributed by atoms with Gasteiger partial charge in [-0.15, -0.1) is 0 Å². The van der Waals surface area contributed by atoms with Crippen LogP contribution in [0.3, 0.4) is 0 Å². The van der Waals surface area contributed by atoms with Crippen LogP contribution in [0, 0.1) is 0 Å². The van der Waals surface area contributed by atoms with E-state index in [1.54, 1.807) is 0 Å². The van der Waals surface area contributed by atoms with Crippen LogP contribution >= 0.6 is 0 Å². The SMILES string of the molecule is CCCCCCOC(Cc1ccc(OCC=C(C)c2ccc(-c3ccccc3)cc2)cc1)C(=O)OCC. The van der Waals surface area contributed by atoms with E-state index in [-0.39, 0.29) is 5.97 Å². The number of benzene rings is 3. The van der Waals surface area contributed by atoms with Gasteiger partial charge in [0.05, 0.1) is 6.61 Å². The maximum Gasteiger partial charge on any atom is 0.335 e. The van der Waals surface area contributed by atoms with Gasteiger partial charge in [-0.25, -0.2) is 4.79 Å². The highest BCUT2D eigenvalue weighted by Gasteiger charge is 2.21. The largest absolute Gasteiger partial charge is 0.490 e. The number of hydrogen-bond acceptors (Lipinski definition) is 4. The van der Waals surface area contributed by atoms with Crippen LogP contribution in [0.15, 0.2) is 84.9 Å². The van der Waals surface area contributed by atoms with Crippen molar-refractivity contribution < 1.29 is 19.0 Å². The minimum atomic E-state index is -0.577. The van der Waals surface area contributed by atoms with Crippen molar-refractivity contribution in [2.24, 2.45) is 0 Å². The molecular formula is C33H40O4. The fraction of sp³-hybridized carbons (Fsp3) is 0.364. The molecule has 0 saturated heterocycles. The molecule has 37 heavy (non-hydrogen) atoms. The molecule has 0 aliphatic carbocycles. The van der Waals surface area contributed by atoms with Gasteiger partial charge in [-0.2, -0.15) is 0 Å². The third-order valence-corrected chi connectivity index (χ3v) is 6.30. The molecule has 0 bridgehead atoms. The van der Waals surface area contributed by atoms with E-state index < -0.39 is 6.10 Å². The lowest BCUT2D eigenvalue weighted by atomic mass is 10.0. The van der Waals surface area contributed by atoms with Crippen molar-refractivity contribution in [2.75, 3.05) is 19.8 Å². The van der Waals surface area contributed by atoms with Gasteiger partial charge in [0.15, 0.2) is 6.10 Å². The average molecular weight is 501 g/mol. The molecule has 0 saturated carbocycles. The molecule has 0 spiro atoms. The first-order valence-electron chi connectivity index (χ1n) is 13.4. The first kappa shape index (κ1) is 28.2. The van der Waals surface area contributed by atoms with Gasteiger partial charge < -0.3 is 14.2 Å². The van der Waals surface area contributed by atoms with Crippen LogP contribution in [0.25, 0.3) is 16.7 Å². The van der Waals surface area contributed by atoms with Crippen molar-refractivity contribution in [3.05, 3.63) is 96.1 Å². The molecule has 3 aromatic carbocycles. The second kappa shape index (κ2) is 15.7. The zero-order valence-corrected chi connectivity index (χ0v) is 22.5. The third-order valence-electron chi connectivity index (χ3n) is 6.30. The fourth-order valence-electron chi connectivity index (χ4n) is 4.07. The smallest absolute Gasteiger partial charge is 0.335 e. The number of ether oxygens (including phenoxy) is 3. The monoisotopic (exact) mass is 500 g/mol. The number of rotatable bonds is 15. The van der Waals surface area contributed by atoms with Gasteiger partial charge in [-0.3, -0.25) is 0 Å². The van der Waals surface area contributed by atoms with Crippen LogP contribution in [0.2, 0.25) is 0 Å². The summed E-state index contributed by atoms with van der Waals surface area (Å²) in [5.74, 6) is 0.496. The maximum atomic E-state index is 12.4. The Morgan fingerprint density at radius 3 is 2.22 bits per heavy atom. The average Bonchev–Trinajstić information content (AvgIpc) is 2.94. The Kier molecular flexibility index (Phi) is 12.0. The van der Waals surface area contributed by atoms with Gasteiger partial charge >= 0.3 is 5.97 Å².